The van der Waals surface area contributed by atoms with Crippen molar-refractivity contribution in [2.45, 2.75) is 45.5 Å². The largest absolute Gasteiger partial charge is 0.352 e. The molecule has 1 heterocycles. The first-order valence-corrected chi connectivity index (χ1v) is 9.14. The molecule has 3 rings (SSSR count). The molecule has 0 amide bonds. The molecule has 0 saturated carbocycles. The maximum Gasteiger partial charge on any atom is 0.165 e. The average Bonchev–Trinajstić information content (AvgIpc) is 2.63. The van der Waals surface area contributed by atoms with Crippen molar-refractivity contribution in [1.29, 1.82) is 0 Å². The summed E-state index contributed by atoms with van der Waals surface area (Å²) < 4.78 is 39.1. The molecule has 144 valence electrons. The average molecular weight is 374 g/mol. The topological polar surface area (TPSA) is 35.5 Å². The summed E-state index contributed by atoms with van der Waals surface area (Å²) in [6.07, 6.45) is 0.387. The molecular weight excluding hydrogens is 350 g/mol. The van der Waals surface area contributed by atoms with Crippen molar-refractivity contribution in [3.05, 3.63) is 70.3 Å². The van der Waals surface area contributed by atoms with Gasteiger partial charge in [-0.2, -0.15) is 0 Å². The summed E-state index contributed by atoms with van der Waals surface area (Å²) in [5.74, 6) is -2.72. The Morgan fingerprint density at radius 1 is 1.11 bits per heavy atom. The minimum absolute atomic E-state index is 0.271. The van der Waals surface area contributed by atoms with E-state index < -0.39 is 23.8 Å². The van der Waals surface area contributed by atoms with E-state index in [0.29, 0.717) is 18.6 Å². The molecule has 3 nitrogen and oxygen atoms in total. The van der Waals surface area contributed by atoms with Gasteiger partial charge in [-0.15, -0.1) is 0 Å². The minimum atomic E-state index is -0.941. The Hall–Kier alpha value is -2.11. The highest BCUT2D eigenvalue weighted by Crippen LogP contribution is 2.38. The van der Waals surface area contributed by atoms with Crippen LogP contribution in [0.25, 0.3) is 0 Å². The number of rotatable bonds is 5. The molecule has 1 saturated heterocycles. The van der Waals surface area contributed by atoms with Crippen molar-refractivity contribution in [2.75, 3.05) is 6.61 Å². The van der Waals surface area contributed by atoms with Crippen LogP contribution in [0.5, 0.6) is 0 Å². The predicted molar refractivity (Wildman–Crippen MR) is 98.4 cm³/mol. The highest BCUT2D eigenvalue weighted by atomic mass is 19.2. The quantitative estimate of drug-likeness (QED) is 0.691. The smallest absolute Gasteiger partial charge is 0.165 e. The lowest BCUT2D eigenvalue weighted by molar-refractivity contribution is -0.207. The number of carbonyl (C=O) groups excluding carboxylic acids is 1. The number of carbonyl (C=O) groups is 1. The van der Waals surface area contributed by atoms with E-state index in [4.69, 9.17) is 9.47 Å². The standard InChI is InChI=1S/C22H24F2O3/c1-13-8-14(2)10-18(9-13)15(3)27-22-21(17(12-25)6-7-26-22)16-4-5-19(23)20(24)11-16/h4-5,8-12,15,17,21-22H,6-7H2,1-3H3. The van der Waals surface area contributed by atoms with Crippen LogP contribution in [0.4, 0.5) is 8.78 Å². The highest BCUT2D eigenvalue weighted by molar-refractivity contribution is 5.56. The second-order valence-electron chi connectivity index (χ2n) is 7.23. The molecule has 5 heteroatoms. The summed E-state index contributed by atoms with van der Waals surface area (Å²) in [5.41, 5.74) is 3.78. The SMILES string of the molecule is Cc1cc(C)cc(C(C)OC2OCCC(C=O)C2c2ccc(F)c(F)c2)c1. The number of benzene rings is 2. The Bertz CT molecular complexity index is 801. The lowest BCUT2D eigenvalue weighted by Crippen LogP contribution is -2.38. The first kappa shape index (κ1) is 19.6. The molecule has 0 aromatic heterocycles. The van der Waals surface area contributed by atoms with Crippen LogP contribution in [-0.2, 0) is 14.3 Å². The van der Waals surface area contributed by atoms with Crippen LogP contribution in [0, 0.1) is 31.4 Å². The fourth-order valence-electron chi connectivity index (χ4n) is 3.73. The normalized spacial score (nSPS) is 23.8. The van der Waals surface area contributed by atoms with Gasteiger partial charge < -0.3 is 14.3 Å². The van der Waals surface area contributed by atoms with Crippen molar-refractivity contribution in [1.82, 2.24) is 0 Å². The van der Waals surface area contributed by atoms with E-state index in [9.17, 15) is 13.6 Å². The van der Waals surface area contributed by atoms with E-state index >= 15 is 0 Å². The van der Waals surface area contributed by atoms with Crippen molar-refractivity contribution in [2.24, 2.45) is 5.92 Å². The molecule has 1 aliphatic heterocycles. The van der Waals surface area contributed by atoms with E-state index in [1.807, 2.05) is 32.9 Å². The monoisotopic (exact) mass is 374 g/mol. The maximum atomic E-state index is 13.8. The maximum absolute atomic E-state index is 13.8. The minimum Gasteiger partial charge on any atom is -0.352 e. The Morgan fingerprint density at radius 3 is 2.44 bits per heavy atom. The van der Waals surface area contributed by atoms with Crippen LogP contribution in [0.15, 0.2) is 36.4 Å². The highest BCUT2D eigenvalue weighted by Gasteiger charge is 2.37. The lowest BCUT2D eigenvalue weighted by atomic mass is 9.82. The van der Waals surface area contributed by atoms with Crippen molar-refractivity contribution in [3.8, 4) is 0 Å². The van der Waals surface area contributed by atoms with Crippen LogP contribution in [-0.4, -0.2) is 19.2 Å². The molecule has 4 atom stereocenters. The van der Waals surface area contributed by atoms with E-state index in [2.05, 4.69) is 6.07 Å². The van der Waals surface area contributed by atoms with Crippen molar-refractivity contribution in [3.63, 3.8) is 0 Å². The lowest BCUT2D eigenvalue weighted by Gasteiger charge is -2.37. The van der Waals surface area contributed by atoms with Gasteiger partial charge in [0.15, 0.2) is 17.9 Å². The van der Waals surface area contributed by atoms with Gasteiger partial charge in [0.05, 0.1) is 12.7 Å². The molecule has 0 N–H and O–H groups in total. The Kier molecular flexibility index (Phi) is 6.02. The fraction of sp³-hybridized carbons (Fsp3) is 0.409. The molecule has 0 spiro atoms. The first-order chi connectivity index (χ1) is 12.9. The number of hydrogen-bond acceptors (Lipinski definition) is 3. The molecule has 0 aliphatic carbocycles. The second kappa shape index (κ2) is 8.28. The number of aryl methyl sites for hydroxylation is 2. The summed E-state index contributed by atoms with van der Waals surface area (Å²) in [5, 5.41) is 0. The van der Waals surface area contributed by atoms with Gasteiger partial charge in [-0.1, -0.05) is 35.4 Å². The van der Waals surface area contributed by atoms with Crippen molar-refractivity contribution < 1.29 is 23.0 Å². The third-order valence-corrected chi connectivity index (χ3v) is 5.04. The van der Waals surface area contributed by atoms with Crippen molar-refractivity contribution >= 4 is 6.29 Å². The zero-order valence-electron chi connectivity index (χ0n) is 15.7. The summed E-state index contributed by atoms with van der Waals surface area (Å²) in [4.78, 5) is 11.6. The Balaban J connectivity index is 1.88. The molecule has 1 fully saturated rings. The third-order valence-electron chi connectivity index (χ3n) is 5.04. The predicted octanol–water partition coefficient (Wildman–Crippen LogP) is 5.00. The fourth-order valence-corrected chi connectivity index (χ4v) is 3.73. The second-order valence-corrected chi connectivity index (χ2v) is 7.23. The molecular formula is C22H24F2O3. The van der Waals surface area contributed by atoms with Gasteiger partial charge in [-0.05, 0) is 50.5 Å². The number of ether oxygens (including phenoxy) is 2. The molecule has 2 aromatic rings. The molecule has 0 bridgehead atoms. The molecule has 4 unspecified atom stereocenters. The van der Waals surface area contributed by atoms with Gasteiger partial charge in [0.2, 0.25) is 0 Å². The van der Waals surface area contributed by atoms with Gasteiger partial charge in [0.1, 0.15) is 6.29 Å². The number of halogens is 2. The molecule has 27 heavy (non-hydrogen) atoms. The molecule has 1 aliphatic rings. The van der Waals surface area contributed by atoms with Gasteiger partial charge in [-0.25, -0.2) is 8.78 Å². The summed E-state index contributed by atoms with van der Waals surface area (Å²) in [7, 11) is 0. The van der Waals surface area contributed by atoms with Gasteiger partial charge in [-0.3, -0.25) is 0 Å². The Labute approximate surface area is 158 Å². The van der Waals surface area contributed by atoms with E-state index in [1.54, 1.807) is 0 Å². The zero-order chi connectivity index (χ0) is 19.6. The van der Waals surface area contributed by atoms with Crippen LogP contribution < -0.4 is 0 Å². The van der Waals surface area contributed by atoms with Gasteiger partial charge in [0.25, 0.3) is 0 Å². The summed E-state index contributed by atoms with van der Waals surface area (Å²) in [6, 6.07) is 9.87. The van der Waals surface area contributed by atoms with Gasteiger partial charge >= 0.3 is 0 Å². The van der Waals surface area contributed by atoms with Crippen LogP contribution >= 0.6 is 0 Å². The number of hydrogen-bond donors (Lipinski definition) is 0. The summed E-state index contributed by atoms with van der Waals surface area (Å²) >= 11 is 0. The zero-order valence-corrected chi connectivity index (χ0v) is 15.7. The van der Waals surface area contributed by atoms with E-state index in [0.717, 1.165) is 35.1 Å². The number of aldehydes is 1. The van der Waals surface area contributed by atoms with Crippen LogP contribution in [0.3, 0.4) is 0 Å². The van der Waals surface area contributed by atoms with Gasteiger partial charge in [0, 0.05) is 11.8 Å². The van der Waals surface area contributed by atoms with Crippen LogP contribution in [0.2, 0.25) is 0 Å². The first-order valence-electron chi connectivity index (χ1n) is 9.14. The van der Waals surface area contributed by atoms with E-state index in [-0.39, 0.29) is 12.0 Å². The summed E-state index contributed by atoms with van der Waals surface area (Å²) in [6.45, 7) is 6.35. The van der Waals surface area contributed by atoms with E-state index in [1.165, 1.54) is 6.07 Å². The Morgan fingerprint density at radius 2 is 1.81 bits per heavy atom. The van der Waals surface area contributed by atoms with Crippen LogP contribution in [0.1, 0.15) is 47.6 Å². The molecule has 2 aromatic carbocycles. The third kappa shape index (κ3) is 4.42. The molecule has 0 radical (unpaired) electrons.